The van der Waals surface area contributed by atoms with Crippen molar-refractivity contribution >= 4 is 34.0 Å². The Morgan fingerprint density at radius 1 is 1.00 bits per heavy atom. The lowest BCUT2D eigenvalue weighted by atomic mass is 10.1. The molecule has 0 radical (unpaired) electrons. The summed E-state index contributed by atoms with van der Waals surface area (Å²) in [6, 6.07) is 13.8. The van der Waals surface area contributed by atoms with E-state index in [2.05, 4.69) is 15.7 Å². The van der Waals surface area contributed by atoms with Crippen LogP contribution in [0.15, 0.2) is 53.3 Å². The fourth-order valence-corrected chi connectivity index (χ4v) is 3.18. The number of aromatic nitrogens is 2. The van der Waals surface area contributed by atoms with E-state index in [4.69, 9.17) is 0 Å². The summed E-state index contributed by atoms with van der Waals surface area (Å²) in [5, 5.41) is 11.0. The van der Waals surface area contributed by atoms with Crippen LogP contribution in [0.5, 0.6) is 0 Å². The van der Waals surface area contributed by atoms with Gasteiger partial charge in [0.15, 0.2) is 5.69 Å². The normalized spacial score (nSPS) is 13.5. The van der Waals surface area contributed by atoms with E-state index in [9.17, 15) is 14.4 Å². The van der Waals surface area contributed by atoms with Gasteiger partial charge in [-0.05, 0) is 51.0 Å². The third kappa shape index (κ3) is 3.89. The van der Waals surface area contributed by atoms with Crippen LogP contribution in [-0.2, 0) is 4.79 Å². The zero-order chi connectivity index (χ0) is 20.5. The third-order valence-corrected chi connectivity index (χ3v) is 4.87. The molecule has 3 aromatic rings. The summed E-state index contributed by atoms with van der Waals surface area (Å²) in [6.07, 6.45) is 1.85. The van der Waals surface area contributed by atoms with Crippen LogP contribution < -0.4 is 16.2 Å². The van der Waals surface area contributed by atoms with Gasteiger partial charge in [0.2, 0.25) is 5.91 Å². The smallest absolute Gasteiger partial charge is 0.276 e. The van der Waals surface area contributed by atoms with Gasteiger partial charge in [-0.15, -0.1) is 0 Å². The molecular formula is C22H22N4O3. The highest BCUT2D eigenvalue weighted by atomic mass is 16.2. The van der Waals surface area contributed by atoms with E-state index < -0.39 is 5.91 Å². The molecule has 1 fully saturated rings. The van der Waals surface area contributed by atoms with Gasteiger partial charge in [-0.25, -0.2) is 4.68 Å². The van der Waals surface area contributed by atoms with Crippen LogP contribution in [0.25, 0.3) is 10.8 Å². The molecule has 2 amide bonds. The zero-order valence-corrected chi connectivity index (χ0v) is 16.3. The Balaban J connectivity index is 1.65. The van der Waals surface area contributed by atoms with E-state index >= 15 is 0 Å². The summed E-state index contributed by atoms with van der Waals surface area (Å²) in [5.74, 6) is -0.313. The molecule has 1 aliphatic rings. The highest BCUT2D eigenvalue weighted by molar-refractivity contribution is 6.11. The van der Waals surface area contributed by atoms with Gasteiger partial charge in [0.05, 0.1) is 11.4 Å². The second-order valence-corrected chi connectivity index (χ2v) is 7.54. The molecule has 0 bridgehead atoms. The summed E-state index contributed by atoms with van der Waals surface area (Å²) in [5.41, 5.74) is 1.12. The van der Waals surface area contributed by atoms with Crippen molar-refractivity contribution in [2.45, 2.75) is 32.7 Å². The Labute approximate surface area is 167 Å². The molecular weight excluding hydrogens is 368 g/mol. The van der Waals surface area contributed by atoms with Crippen LogP contribution >= 0.6 is 0 Å². The second kappa shape index (κ2) is 7.50. The van der Waals surface area contributed by atoms with Crippen LogP contribution in [0, 0.1) is 5.92 Å². The lowest BCUT2D eigenvalue weighted by Gasteiger charge is -2.14. The Bertz CT molecular complexity index is 1160. The minimum absolute atomic E-state index is 0.00477. The predicted octanol–water partition coefficient (Wildman–Crippen LogP) is 3.58. The molecule has 1 aliphatic carbocycles. The molecule has 1 saturated carbocycles. The van der Waals surface area contributed by atoms with Gasteiger partial charge in [-0.2, -0.15) is 5.10 Å². The lowest BCUT2D eigenvalue weighted by Crippen LogP contribution is -2.28. The summed E-state index contributed by atoms with van der Waals surface area (Å²) in [7, 11) is 0. The van der Waals surface area contributed by atoms with Gasteiger partial charge in [-0.3, -0.25) is 14.4 Å². The predicted molar refractivity (Wildman–Crippen MR) is 112 cm³/mol. The van der Waals surface area contributed by atoms with Crippen LogP contribution in [0.2, 0.25) is 0 Å². The number of nitrogens with zero attached hydrogens (tertiary/aromatic N) is 2. The maximum absolute atomic E-state index is 13.0. The monoisotopic (exact) mass is 390 g/mol. The number of rotatable bonds is 5. The average molecular weight is 390 g/mol. The average Bonchev–Trinajstić information content (AvgIpc) is 3.54. The molecule has 148 valence electrons. The van der Waals surface area contributed by atoms with E-state index in [1.165, 1.54) is 4.68 Å². The number of carbonyl (C=O) groups is 2. The Morgan fingerprint density at radius 2 is 1.66 bits per heavy atom. The largest absolute Gasteiger partial charge is 0.326 e. The minimum Gasteiger partial charge on any atom is -0.326 e. The number of benzene rings is 2. The first-order chi connectivity index (χ1) is 13.9. The fourth-order valence-electron chi connectivity index (χ4n) is 3.18. The van der Waals surface area contributed by atoms with E-state index in [1.54, 1.807) is 48.5 Å². The van der Waals surface area contributed by atoms with Crippen molar-refractivity contribution in [2.24, 2.45) is 5.92 Å². The summed E-state index contributed by atoms with van der Waals surface area (Å²) < 4.78 is 1.32. The number of anilines is 2. The van der Waals surface area contributed by atoms with Crippen LogP contribution in [0.4, 0.5) is 11.4 Å². The third-order valence-electron chi connectivity index (χ3n) is 4.87. The second-order valence-electron chi connectivity index (χ2n) is 7.54. The summed E-state index contributed by atoms with van der Waals surface area (Å²) in [4.78, 5) is 37.6. The van der Waals surface area contributed by atoms with Crippen molar-refractivity contribution in [3.05, 3.63) is 64.6 Å². The maximum Gasteiger partial charge on any atom is 0.276 e. The van der Waals surface area contributed by atoms with Crippen LogP contribution in [-0.4, -0.2) is 21.6 Å². The molecule has 7 nitrogen and oxygen atoms in total. The standard InChI is InChI=1S/C22H22N4O3/c1-13(2)26-22(29)18-9-4-3-8-17(18)19(25-26)21(28)24-16-7-5-6-15(12-16)23-20(27)14-10-11-14/h3-9,12-14H,10-11H2,1-2H3,(H,23,27)(H,24,28). The first-order valence-electron chi connectivity index (χ1n) is 9.68. The molecule has 0 spiro atoms. The lowest BCUT2D eigenvalue weighted by molar-refractivity contribution is -0.117. The van der Waals surface area contributed by atoms with Crippen molar-refractivity contribution < 1.29 is 9.59 Å². The zero-order valence-electron chi connectivity index (χ0n) is 16.3. The minimum atomic E-state index is -0.415. The van der Waals surface area contributed by atoms with E-state index in [1.807, 2.05) is 13.8 Å². The first kappa shape index (κ1) is 18.9. The topological polar surface area (TPSA) is 93.1 Å². The number of carbonyl (C=O) groups excluding carboxylic acids is 2. The summed E-state index contributed by atoms with van der Waals surface area (Å²) in [6.45, 7) is 3.69. The van der Waals surface area contributed by atoms with Gasteiger partial charge in [-0.1, -0.05) is 24.3 Å². The highest BCUT2D eigenvalue weighted by Gasteiger charge is 2.29. The molecule has 29 heavy (non-hydrogen) atoms. The Kier molecular flexibility index (Phi) is 4.88. The van der Waals surface area contributed by atoms with Crippen molar-refractivity contribution in [3.8, 4) is 0 Å². The van der Waals surface area contributed by atoms with Crippen LogP contribution in [0.3, 0.4) is 0 Å². The van der Waals surface area contributed by atoms with Gasteiger partial charge >= 0.3 is 0 Å². The SMILES string of the molecule is CC(C)n1nc(C(=O)Nc2cccc(NC(=O)C3CC3)c2)c2ccccc2c1=O. The van der Waals surface area contributed by atoms with Crippen molar-refractivity contribution in [1.82, 2.24) is 9.78 Å². The molecule has 0 saturated heterocycles. The molecule has 2 aromatic carbocycles. The van der Waals surface area contributed by atoms with Crippen LogP contribution in [0.1, 0.15) is 43.2 Å². The van der Waals surface area contributed by atoms with Gasteiger partial charge in [0.25, 0.3) is 11.5 Å². The van der Waals surface area contributed by atoms with Gasteiger partial charge in [0.1, 0.15) is 0 Å². The number of amides is 2. The molecule has 0 unspecified atom stereocenters. The first-order valence-corrected chi connectivity index (χ1v) is 9.68. The summed E-state index contributed by atoms with van der Waals surface area (Å²) >= 11 is 0. The van der Waals surface area contributed by atoms with E-state index in [-0.39, 0.29) is 29.1 Å². The van der Waals surface area contributed by atoms with Gasteiger partial charge in [0, 0.05) is 22.7 Å². The Hall–Kier alpha value is -3.48. The number of fused-ring (bicyclic) bond motifs is 1. The molecule has 1 aromatic heterocycles. The molecule has 4 rings (SSSR count). The van der Waals surface area contributed by atoms with E-state index in [0.29, 0.717) is 22.1 Å². The molecule has 2 N–H and O–H groups in total. The molecule has 7 heteroatoms. The molecule has 0 aliphatic heterocycles. The van der Waals surface area contributed by atoms with Crippen molar-refractivity contribution in [2.75, 3.05) is 10.6 Å². The Morgan fingerprint density at radius 3 is 2.31 bits per heavy atom. The van der Waals surface area contributed by atoms with E-state index in [0.717, 1.165) is 12.8 Å². The number of hydrogen-bond donors (Lipinski definition) is 2. The molecule has 1 heterocycles. The quantitative estimate of drug-likeness (QED) is 0.696. The number of hydrogen-bond acceptors (Lipinski definition) is 4. The fraction of sp³-hybridized carbons (Fsp3) is 0.273. The highest BCUT2D eigenvalue weighted by Crippen LogP contribution is 2.30. The molecule has 0 atom stereocenters. The van der Waals surface area contributed by atoms with Gasteiger partial charge < -0.3 is 10.6 Å². The van der Waals surface area contributed by atoms with Crippen molar-refractivity contribution in [3.63, 3.8) is 0 Å². The van der Waals surface area contributed by atoms with Crippen molar-refractivity contribution in [1.29, 1.82) is 0 Å². The maximum atomic E-state index is 13.0. The number of nitrogens with one attached hydrogen (secondary N) is 2.